The molecule has 1 N–H and O–H groups in total. The smallest absolute Gasteiger partial charge is 0.253 e. The summed E-state index contributed by atoms with van der Waals surface area (Å²) in [4.78, 5) is 34.1. The van der Waals surface area contributed by atoms with E-state index in [9.17, 15) is 4.79 Å². The van der Waals surface area contributed by atoms with Crippen LogP contribution in [0.4, 0.5) is 28.8 Å². The lowest BCUT2D eigenvalue weighted by atomic mass is 10.0. The molecule has 0 saturated carbocycles. The van der Waals surface area contributed by atoms with E-state index in [1.54, 1.807) is 13.3 Å². The van der Waals surface area contributed by atoms with Crippen molar-refractivity contribution in [1.29, 1.82) is 0 Å². The lowest BCUT2D eigenvalue weighted by Crippen LogP contribution is -2.52. The van der Waals surface area contributed by atoms with Crippen molar-refractivity contribution in [2.75, 3.05) is 82.6 Å². The second-order valence-corrected chi connectivity index (χ2v) is 11.4. The van der Waals surface area contributed by atoms with Gasteiger partial charge in [-0.15, -0.1) is 0 Å². The van der Waals surface area contributed by atoms with E-state index in [-0.39, 0.29) is 5.91 Å². The third-order valence-corrected chi connectivity index (χ3v) is 8.91. The molecule has 220 valence electrons. The van der Waals surface area contributed by atoms with Crippen molar-refractivity contribution in [3.8, 4) is 5.75 Å². The van der Waals surface area contributed by atoms with Crippen LogP contribution in [0.25, 0.3) is 5.70 Å². The summed E-state index contributed by atoms with van der Waals surface area (Å²) in [7, 11) is 7.77. The van der Waals surface area contributed by atoms with Gasteiger partial charge in [-0.1, -0.05) is 24.8 Å². The van der Waals surface area contributed by atoms with E-state index in [0.717, 1.165) is 80.6 Å². The van der Waals surface area contributed by atoms with Gasteiger partial charge >= 0.3 is 0 Å². The molecule has 1 aromatic heterocycles. The molecule has 42 heavy (non-hydrogen) atoms. The van der Waals surface area contributed by atoms with E-state index < -0.39 is 0 Å². The summed E-state index contributed by atoms with van der Waals surface area (Å²) in [5.74, 6) is 1.81. The first kappa shape index (κ1) is 28.0. The highest BCUT2D eigenvalue weighted by Gasteiger charge is 2.30. The highest BCUT2D eigenvalue weighted by Crippen LogP contribution is 2.42. The van der Waals surface area contributed by atoms with Crippen LogP contribution >= 0.6 is 0 Å². The first-order valence-corrected chi connectivity index (χ1v) is 14.6. The third-order valence-electron chi connectivity index (χ3n) is 8.91. The number of amides is 1. The zero-order chi connectivity index (χ0) is 29.4. The molecule has 2 saturated heterocycles. The number of piperidine rings is 1. The van der Waals surface area contributed by atoms with Gasteiger partial charge in [-0.3, -0.25) is 9.69 Å². The number of nitrogens with one attached hydrogen (secondary N) is 1. The Morgan fingerprint density at radius 1 is 0.952 bits per heavy atom. The standard InChI is InChI=1S/C32H40N8O2/c1-22-25-8-6-7-9-27(25)38(4)30-28(37(22)3)21-33-32(35-30)34-26-20-23(10-11-29(26)42-5)31(41)40-14-12-24(13-15-40)39-18-16-36(2)17-19-39/h6-11,20-21,24H,1,12-19H2,2-5H3,(H,33,34,35). The number of aromatic nitrogens is 2. The number of ether oxygens (including phenoxy) is 1. The summed E-state index contributed by atoms with van der Waals surface area (Å²) in [6.07, 6.45) is 3.82. The number of para-hydroxylation sites is 1. The van der Waals surface area contributed by atoms with Gasteiger partial charge in [0.15, 0.2) is 5.82 Å². The van der Waals surface area contributed by atoms with E-state index in [0.29, 0.717) is 29.0 Å². The minimum atomic E-state index is 0.0388. The number of nitrogens with zero attached hydrogens (tertiary/aromatic N) is 7. The number of fused-ring (bicyclic) bond motifs is 2. The minimum Gasteiger partial charge on any atom is -0.495 e. The van der Waals surface area contributed by atoms with Crippen molar-refractivity contribution in [1.82, 2.24) is 24.7 Å². The van der Waals surface area contributed by atoms with Crippen LogP contribution in [-0.2, 0) is 0 Å². The first-order chi connectivity index (χ1) is 20.3. The number of anilines is 5. The van der Waals surface area contributed by atoms with Crippen molar-refractivity contribution in [3.05, 3.63) is 66.4 Å². The lowest BCUT2D eigenvalue weighted by Gasteiger charge is -2.42. The summed E-state index contributed by atoms with van der Waals surface area (Å²) in [5.41, 5.74) is 5.04. The Hall–Kier alpha value is -4.15. The van der Waals surface area contributed by atoms with Crippen molar-refractivity contribution in [2.45, 2.75) is 18.9 Å². The Bertz CT molecular complexity index is 1480. The topological polar surface area (TPSA) is 80.3 Å². The molecule has 3 aromatic rings. The Morgan fingerprint density at radius 3 is 2.43 bits per heavy atom. The van der Waals surface area contributed by atoms with E-state index in [4.69, 9.17) is 9.72 Å². The normalized spacial score (nSPS) is 18.4. The average molecular weight is 569 g/mol. The van der Waals surface area contributed by atoms with Crippen LogP contribution < -0.4 is 19.9 Å². The number of rotatable bonds is 5. The maximum atomic E-state index is 13.6. The van der Waals surface area contributed by atoms with Crippen LogP contribution in [0.5, 0.6) is 5.75 Å². The molecule has 10 heteroatoms. The van der Waals surface area contributed by atoms with Crippen molar-refractivity contribution >= 4 is 40.4 Å². The van der Waals surface area contributed by atoms with Crippen molar-refractivity contribution < 1.29 is 9.53 Å². The quantitative estimate of drug-likeness (QED) is 0.485. The second-order valence-electron chi connectivity index (χ2n) is 11.4. The van der Waals surface area contributed by atoms with Gasteiger partial charge in [-0.2, -0.15) is 4.98 Å². The maximum absolute atomic E-state index is 13.6. The number of carbonyl (C=O) groups is 1. The van der Waals surface area contributed by atoms with Gasteiger partial charge in [0.2, 0.25) is 5.95 Å². The van der Waals surface area contributed by atoms with Crippen LogP contribution in [0.15, 0.2) is 55.2 Å². The molecule has 3 aliphatic rings. The minimum absolute atomic E-state index is 0.0388. The summed E-state index contributed by atoms with van der Waals surface area (Å²) in [5, 5.41) is 3.32. The van der Waals surface area contributed by atoms with Gasteiger partial charge in [0, 0.05) is 76.2 Å². The number of hydrogen-bond acceptors (Lipinski definition) is 9. The van der Waals surface area contributed by atoms with Crippen LogP contribution in [0, 0.1) is 0 Å². The summed E-state index contributed by atoms with van der Waals surface area (Å²) in [6, 6.07) is 14.2. The molecule has 0 spiro atoms. The molecule has 1 amide bonds. The van der Waals surface area contributed by atoms with Gasteiger partial charge < -0.3 is 29.7 Å². The Labute approximate surface area is 248 Å². The number of hydrogen-bond donors (Lipinski definition) is 1. The molecule has 2 fully saturated rings. The SMILES string of the molecule is C=C1c2ccccc2N(C)c2nc(Nc3cc(C(=O)N4CCC(N5CCN(C)CC5)CC4)ccc3OC)ncc2N1C. The summed E-state index contributed by atoms with van der Waals surface area (Å²) < 4.78 is 5.64. The van der Waals surface area contributed by atoms with E-state index >= 15 is 0 Å². The van der Waals surface area contributed by atoms with Gasteiger partial charge in [0.25, 0.3) is 5.91 Å². The predicted molar refractivity (Wildman–Crippen MR) is 168 cm³/mol. The fraction of sp³-hybridized carbons (Fsp3) is 0.406. The largest absolute Gasteiger partial charge is 0.495 e. The molecular weight excluding hydrogens is 528 g/mol. The van der Waals surface area contributed by atoms with Crippen LogP contribution in [0.1, 0.15) is 28.8 Å². The molecule has 0 bridgehead atoms. The Balaban J connectivity index is 1.20. The molecule has 2 aromatic carbocycles. The van der Waals surface area contributed by atoms with Crippen LogP contribution in [-0.4, -0.2) is 104 Å². The van der Waals surface area contributed by atoms with E-state index in [2.05, 4.69) is 50.8 Å². The zero-order valence-corrected chi connectivity index (χ0v) is 25.0. The van der Waals surface area contributed by atoms with Crippen LogP contribution in [0.2, 0.25) is 0 Å². The number of piperazine rings is 1. The second kappa shape index (κ2) is 11.6. The lowest BCUT2D eigenvalue weighted by molar-refractivity contribution is 0.0519. The fourth-order valence-corrected chi connectivity index (χ4v) is 6.22. The monoisotopic (exact) mass is 568 g/mol. The number of likely N-dealkylation sites (tertiary alicyclic amines) is 1. The predicted octanol–water partition coefficient (Wildman–Crippen LogP) is 4.27. The number of methoxy groups -OCH3 is 1. The Kier molecular flexibility index (Phi) is 7.74. The molecule has 0 atom stereocenters. The molecule has 0 aliphatic carbocycles. The number of likely N-dealkylation sites (N-methyl/N-ethyl adjacent to an activating group) is 1. The Morgan fingerprint density at radius 2 is 1.69 bits per heavy atom. The van der Waals surface area contributed by atoms with Crippen molar-refractivity contribution in [2.24, 2.45) is 0 Å². The molecule has 3 aliphatic heterocycles. The van der Waals surface area contributed by atoms with Gasteiger partial charge in [0.1, 0.15) is 11.4 Å². The zero-order valence-electron chi connectivity index (χ0n) is 25.0. The average Bonchev–Trinajstić information content (AvgIpc) is 3.10. The fourth-order valence-electron chi connectivity index (χ4n) is 6.22. The molecule has 10 nitrogen and oxygen atoms in total. The molecule has 4 heterocycles. The summed E-state index contributed by atoms with van der Waals surface area (Å²) >= 11 is 0. The highest BCUT2D eigenvalue weighted by molar-refractivity contribution is 5.96. The number of benzene rings is 2. The molecule has 6 rings (SSSR count). The molecule has 0 radical (unpaired) electrons. The maximum Gasteiger partial charge on any atom is 0.253 e. The third kappa shape index (κ3) is 5.28. The molecule has 0 unspecified atom stereocenters. The first-order valence-electron chi connectivity index (χ1n) is 14.6. The van der Waals surface area contributed by atoms with E-state index in [1.807, 2.05) is 54.2 Å². The van der Waals surface area contributed by atoms with E-state index in [1.165, 1.54) is 0 Å². The van der Waals surface area contributed by atoms with Gasteiger partial charge in [-0.05, 0) is 44.2 Å². The summed E-state index contributed by atoms with van der Waals surface area (Å²) in [6.45, 7) is 10.3. The highest BCUT2D eigenvalue weighted by atomic mass is 16.5. The van der Waals surface area contributed by atoms with Gasteiger partial charge in [-0.25, -0.2) is 4.98 Å². The van der Waals surface area contributed by atoms with Crippen LogP contribution in [0.3, 0.4) is 0 Å². The van der Waals surface area contributed by atoms with Crippen molar-refractivity contribution in [3.63, 3.8) is 0 Å². The van der Waals surface area contributed by atoms with Gasteiger partial charge in [0.05, 0.1) is 24.7 Å². The molecular formula is C32H40N8O2. The number of carbonyl (C=O) groups excluding carboxylic acids is 1.